The van der Waals surface area contributed by atoms with Crippen LogP contribution in [0, 0.1) is 11.3 Å². The highest BCUT2D eigenvalue weighted by molar-refractivity contribution is 7.24. The van der Waals surface area contributed by atoms with Crippen LogP contribution < -0.4 is 0 Å². The van der Waals surface area contributed by atoms with Crippen LogP contribution >= 0.6 is 22.7 Å². The van der Waals surface area contributed by atoms with Crippen molar-refractivity contribution < 1.29 is 0 Å². The van der Waals surface area contributed by atoms with E-state index in [1.54, 1.807) is 0 Å². The van der Waals surface area contributed by atoms with Crippen LogP contribution in [0.1, 0.15) is 34.4 Å². The molecule has 0 fully saturated rings. The summed E-state index contributed by atoms with van der Waals surface area (Å²) in [6.07, 6.45) is 11.4. The second-order valence-corrected chi connectivity index (χ2v) is 14.8. The summed E-state index contributed by atoms with van der Waals surface area (Å²) < 4.78 is 5.07. The van der Waals surface area contributed by atoms with E-state index in [9.17, 15) is 5.26 Å². The number of thiophene rings is 2. The van der Waals surface area contributed by atoms with Gasteiger partial charge >= 0.3 is 0 Å². The minimum absolute atomic E-state index is 0.669. The number of benzene rings is 5. The molecular formula is C43H28N2S2. The summed E-state index contributed by atoms with van der Waals surface area (Å²) in [5.74, 6) is 0. The summed E-state index contributed by atoms with van der Waals surface area (Å²) in [5, 5.41) is 15.2. The SMILES string of the molecule is N#Cc1ccc(-n2c3ccccc3c3ccccc32)c(-c2ccc3sc4c(c3c2)-c2sc3ccc(C5=CCCC=C5)cc3c2CC4)c1. The lowest BCUT2D eigenvalue weighted by molar-refractivity contribution is 0.982. The van der Waals surface area contributed by atoms with Crippen LogP contribution in [-0.4, -0.2) is 4.57 Å². The van der Waals surface area contributed by atoms with Crippen LogP contribution in [0.5, 0.6) is 0 Å². The lowest BCUT2D eigenvalue weighted by Crippen LogP contribution is -1.99. The topological polar surface area (TPSA) is 28.7 Å². The van der Waals surface area contributed by atoms with Gasteiger partial charge < -0.3 is 4.57 Å². The molecule has 3 heterocycles. The molecule has 5 aromatic carbocycles. The lowest BCUT2D eigenvalue weighted by Gasteiger charge is -2.16. The van der Waals surface area contributed by atoms with Crippen molar-refractivity contribution in [3.05, 3.63) is 143 Å². The summed E-state index contributed by atoms with van der Waals surface area (Å²) in [4.78, 5) is 2.92. The van der Waals surface area contributed by atoms with Crippen molar-refractivity contribution in [3.8, 4) is 33.3 Å². The van der Waals surface area contributed by atoms with Crippen molar-refractivity contribution in [1.82, 2.24) is 4.57 Å². The van der Waals surface area contributed by atoms with E-state index in [2.05, 4.69) is 126 Å². The summed E-state index contributed by atoms with van der Waals surface area (Å²) in [5.41, 5.74) is 11.9. The molecule has 2 aliphatic rings. The lowest BCUT2D eigenvalue weighted by atomic mass is 9.91. The maximum atomic E-state index is 9.99. The quantitative estimate of drug-likeness (QED) is 0.190. The molecule has 0 unspecified atom stereocenters. The molecule has 0 spiro atoms. The number of fused-ring (bicyclic) bond motifs is 10. The maximum absolute atomic E-state index is 9.99. The number of nitriles is 1. The normalized spacial score (nSPS) is 14.1. The summed E-state index contributed by atoms with van der Waals surface area (Å²) in [7, 11) is 0. The summed E-state index contributed by atoms with van der Waals surface area (Å²) in [6.45, 7) is 0. The zero-order valence-electron chi connectivity index (χ0n) is 25.6. The Morgan fingerprint density at radius 2 is 1.40 bits per heavy atom. The first-order valence-corrected chi connectivity index (χ1v) is 17.9. The molecule has 2 nitrogen and oxygen atoms in total. The first-order chi connectivity index (χ1) is 23.2. The van der Waals surface area contributed by atoms with E-state index < -0.39 is 0 Å². The minimum atomic E-state index is 0.669. The largest absolute Gasteiger partial charge is 0.309 e. The third-order valence-electron chi connectivity index (χ3n) is 9.97. The molecule has 4 heteroatoms. The fraction of sp³-hybridized carbons (Fsp3) is 0.0930. The van der Waals surface area contributed by atoms with Gasteiger partial charge in [0.1, 0.15) is 0 Å². The molecule has 0 amide bonds. The number of rotatable bonds is 3. The average Bonchev–Trinajstić information content (AvgIpc) is 3.80. The molecule has 0 saturated carbocycles. The predicted octanol–water partition coefficient (Wildman–Crippen LogP) is 12.3. The van der Waals surface area contributed by atoms with Crippen LogP contribution in [0.3, 0.4) is 0 Å². The molecule has 3 aromatic heterocycles. The van der Waals surface area contributed by atoms with E-state index in [-0.39, 0.29) is 0 Å². The van der Waals surface area contributed by atoms with Crippen LogP contribution in [-0.2, 0) is 12.8 Å². The molecule has 0 atom stereocenters. The van der Waals surface area contributed by atoms with E-state index in [0.717, 1.165) is 42.5 Å². The number of nitrogens with zero attached hydrogens (tertiary/aromatic N) is 2. The Morgan fingerprint density at radius 3 is 2.17 bits per heavy atom. The van der Waals surface area contributed by atoms with Gasteiger partial charge in [0.25, 0.3) is 0 Å². The summed E-state index contributed by atoms with van der Waals surface area (Å²) >= 11 is 3.90. The second-order valence-electron chi connectivity index (χ2n) is 12.6. The Bertz CT molecular complexity index is 2650. The highest BCUT2D eigenvalue weighted by atomic mass is 32.1. The average molecular weight is 637 g/mol. The number of hydrogen-bond acceptors (Lipinski definition) is 3. The maximum Gasteiger partial charge on any atom is 0.0991 e. The van der Waals surface area contributed by atoms with Gasteiger partial charge in [0.2, 0.25) is 0 Å². The van der Waals surface area contributed by atoms with Crippen molar-refractivity contribution in [2.45, 2.75) is 25.7 Å². The Balaban J connectivity index is 1.18. The number of aryl methyl sites for hydroxylation is 2. The van der Waals surface area contributed by atoms with Crippen molar-refractivity contribution >= 4 is 70.2 Å². The summed E-state index contributed by atoms with van der Waals surface area (Å²) in [6, 6.07) is 39.8. The smallest absolute Gasteiger partial charge is 0.0991 e. The molecule has 0 aliphatic heterocycles. The van der Waals surface area contributed by atoms with Crippen molar-refractivity contribution in [2.75, 3.05) is 0 Å². The molecule has 2 aliphatic carbocycles. The predicted molar refractivity (Wildman–Crippen MR) is 201 cm³/mol. The molecule has 10 rings (SSSR count). The standard InChI is InChI=1S/C43H28N2S2/c44-25-26-14-18-38(45-36-12-6-4-10-30(36)31-11-5-7-13-37(31)45)33(22-26)29-16-20-40-35(24-29)42-41(46-40)21-17-32-34-23-28(27-8-2-1-3-9-27)15-19-39(34)47-43(32)42/h2,4-16,18-20,22-24H,1,3,17,21H2. The Hall–Kier alpha value is -5.21. The van der Waals surface area contributed by atoms with Crippen molar-refractivity contribution in [2.24, 2.45) is 0 Å². The Labute approximate surface area is 280 Å². The zero-order valence-corrected chi connectivity index (χ0v) is 27.2. The van der Waals surface area contributed by atoms with E-state index in [1.807, 2.05) is 28.7 Å². The van der Waals surface area contributed by atoms with Crippen LogP contribution in [0.4, 0.5) is 0 Å². The zero-order chi connectivity index (χ0) is 31.1. The number of aromatic nitrogens is 1. The highest BCUT2D eigenvalue weighted by Gasteiger charge is 2.26. The molecule has 47 heavy (non-hydrogen) atoms. The number of allylic oxidation sites excluding steroid dienone is 4. The third-order valence-corrected chi connectivity index (χ3v) is 12.4. The van der Waals surface area contributed by atoms with Crippen molar-refractivity contribution in [1.29, 1.82) is 5.26 Å². The third kappa shape index (κ3) is 4.07. The van der Waals surface area contributed by atoms with Crippen LogP contribution in [0.15, 0.2) is 121 Å². The van der Waals surface area contributed by atoms with E-state index in [1.165, 1.54) is 74.0 Å². The van der Waals surface area contributed by atoms with Gasteiger partial charge in [0.05, 0.1) is 28.4 Å². The van der Waals surface area contributed by atoms with Crippen molar-refractivity contribution in [3.63, 3.8) is 0 Å². The van der Waals surface area contributed by atoms with E-state index in [0.29, 0.717) is 5.56 Å². The molecule has 222 valence electrons. The fourth-order valence-corrected chi connectivity index (χ4v) is 10.4. The van der Waals surface area contributed by atoms with Gasteiger partial charge in [-0.15, -0.1) is 22.7 Å². The fourth-order valence-electron chi connectivity index (χ4n) is 7.80. The van der Waals surface area contributed by atoms with Gasteiger partial charge in [-0.05, 0) is 108 Å². The first-order valence-electron chi connectivity index (χ1n) is 16.3. The monoisotopic (exact) mass is 636 g/mol. The van der Waals surface area contributed by atoms with Gasteiger partial charge in [-0.25, -0.2) is 0 Å². The van der Waals surface area contributed by atoms with Gasteiger partial charge in [0, 0.05) is 46.4 Å². The number of para-hydroxylation sites is 2. The first kappa shape index (κ1) is 27.0. The molecule has 8 aromatic rings. The Morgan fingerprint density at radius 1 is 0.660 bits per heavy atom. The Kier molecular flexibility index (Phi) is 5.97. The van der Waals surface area contributed by atoms with Gasteiger partial charge in [0.15, 0.2) is 0 Å². The second kappa shape index (κ2) is 10.4. The van der Waals surface area contributed by atoms with Gasteiger partial charge in [-0.2, -0.15) is 5.26 Å². The number of hydrogen-bond donors (Lipinski definition) is 0. The van der Waals surface area contributed by atoms with Crippen LogP contribution in [0.2, 0.25) is 0 Å². The molecular weight excluding hydrogens is 609 g/mol. The molecule has 0 N–H and O–H groups in total. The van der Waals surface area contributed by atoms with E-state index >= 15 is 0 Å². The van der Waals surface area contributed by atoms with Crippen LogP contribution in [0.25, 0.3) is 74.8 Å². The van der Waals surface area contributed by atoms with Gasteiger partial charge in [-0.1, -0.05) is 66.8 Å². The molecule has 0 bridgehead atoms. The minimum Gasteiger partial charge on any atom is -0.309 e. The molecule has 0 saturated heterocycles. The van der Waals surface area contributed by atoms with Gasteiger partial charge in [-0.3, -0.25) is 0 Å². The highest BCUT2D eigenvalue weighted by Crippen LogP contribution is 2.51. The van der Waals surface area contributed by atoms with E-state index in [4.69, 9.17) is 0 Å². The molecule has 0 radical (unpaired) electrons.